The highest BCUT2D eigenvalue weighted by atomic mass is 35.5. The van der Waals surface area contributed by atoms with Crippen LogP contribution in [0.2, 0.25) is 5.02 Å². The molecule has 2 aromatic heterocycles. The molecule has 0 atom stereocenters. The normalized spacial score (nSPS) is 10.9. The molecule has 0 unspecified atom stereocenters. The number of halogens is 1. The first-order valence-electron chi connectivity index (χ1n) is 7.49. The summed E-state index contributed by atoms with van der Waals surface area (Å²) in [5.41, 5.74) is 4.78. The first-order valence-corrected chi connectivity index (χ1v) is 7.87. The van der Waals surface area contributed by atoms with Crippen molar-refractivity contribution in [1.29, 1.82) is 0 Å². The van der Waals surface area contributed by atoms with Crippen LogP contribution in [0.3, 0.4) is 0 Å². The number of hydrogen-bond acceptors (Lipinski definition) is 3. The van der Waals surface area contributed by atoms with Crippen molar-refractivity contribution in [2.75, 3.05) is 7.11 Å². The third-order valence-electron chi connectivity index (χ3n) is 3.92. The van der Waals surface area contributed by atoms with E-state index in [9.17, 15) is 0 Å². The summed E-state index contributed by atoms with van der Waals surface area (Å²) < 4.78 is 7.16. The van der Waals surface area contributed by atoms with Gasteiger partial charge in [0.25, 0.3) is 0 Å². The number of rotatable bonds is 3. The van der Waals surface area contributed by atoms with Gasteiger partial charge in [0.15, 0.2) is 5.65 Å². The average molecular weight is 336 g/mol. The lowest BCUT2D eigenvalue weighted by Crippen LogP contribution is -1.96. The first-order chi connectivity index (χ1) is 11.8. The van der Waals surface area contributed by atoms with Crippen LogP contribution in [0.4, 0.5) is 0 Å². The zero-order chi connectivity index (χ0) is 16.5. The molecule has 0 aliphatic rings. The number of fused-ring (bicyclic) bond motifs is 1. The predicted octanol–water partition coefficient (Wildman–Crippen LogP) is 4.73. The number of nitrogens with zero attached hydrogens (tertiary/aromatic N) is 3. The van der Waals surface area contributed by atoms with E-state index >= 15 is 0 Å². The lowest BCUT2D eigenvalue weighted by Gasteiger charge is -2.07. The summed E-state index contributed by atoms with van der Waals surface area (Å²) in [4.78, 5) is 4.50. The molecular formula is C19H14ClN3O. The minimum absolute atomic E-state index is 0.709. The van der Waals surface area contributed by atoms with Gasteiger partial charge in [-0.25, -0.2) is 9.50 Å². The van der Waals surface area contributed by atoms with E-state index < -0.39 is 0 Å². The highest BCUT2D eigenvalue weighted by molar-refractivity contribution is 6.30. The van der Waals surface area contributed by atoms with Crippen molar-refractivity contribution in [3.63, 3.8) is 0 Å². The molecule has 0 aliphatic carbocycles. The number of benzene rings is 2. The quantitative estimate of drug-likeness (QED) is 0.543. The van der Waals surface area contributed by atoms with Gasteiger partial charge >= 0.3 is 0 Å². The molecular weight excluding hydrogens is 322 g/mol. The van der Waals surface area contributed by atoms with Gasteiger partial charge in [-0.1, -0.05) is 35.9 Å². The van der Waals surface area contributed by atoms with Crippen LogP contribution in [-0.4, -0.2) is 21.7 Å². The van der Waals surface area contributed by atoms with E-state index in [0.29, 0.717) is 5.02 Å². The van der Waals surface area contributed by atoms with E-state index in [1.165, 1.54) is 0 Å². The van der Waals surface area contributed by atoms with Crippen molar-refractivity contribution in [3.05, 3.63) is 72.0 Å². The van der Waals surface area contributed by atoms with E-state index in [0.717, 1.165) is 33.8 Å². The van der Waals surface area contributed by atoms with E-state index in [2.05, 4.69) is 10.1 Å². The second-order valence-corrected chi connectivity index (χ2v) is 5.80. The lowest BCUT2D eigenvalue weighted by molar-refractivity contribution is 0.415. The molecule has 0 fully saturated rings. The van der Waals surface area contributed by atoms with Gasteiger partial charge in [-0.2, -0.15) is 5.10 Å². The first kappa shape index (κ1) is 14.7. The van der Waals surface area contributed by atoms with Crippen LogP contribution in [0.1, 0.15) is 0 Å². The van der Waals surface area contributed by atoms with Crippen LogP contribution < -0.4 is 4.74 Å². The summed E-state index contributed by atoms with van der Waals surface area (Å²) in [7, 11) is 1.66. The Morgan fingerprint density at radius 1 is 1.00 bits per heavy atom. The zero-order valence-corrected chi connectivity index (χ0v) is 13.7. The third-order valence-corrected chi connectivity index (χ3v) is 4.17. The van der Waals surface area contributed by atoms with Crippen LogP contribution in [0.25, 0.3) is 28.0 Å². The van der Waals surface area contributed by atoms with Gasteiger partial charge in [0.05, 0.1) is 19.0 Å². The smallest absolute Gasteiger partial charge is 0.163 e. The molecule has 0 aliphatic heterocycles. The molecule has 4 nitrogen and oxygen atoms in total. The topological polar surface area (TPSA) is 39.4 Å². The standard InChI is InChI=1S/C19H14ClN3O/c1-24-16-4-2-3-14(11-16)18-9-10-21-19-17(12-22-23(18)19)13-5-7-15(20)8-6-13/h2-12H,1H3. The highest BCUT2D eigenvalue weighted by Gasteiger charge is 2.12. The fourth-order valence-corrected chi connectivity index (χ4v) is 2.85. The fourth-order valence-electron chi connectivity index (χ4n) is 2.73. The summed E-state index contributed by atoms with van der Waals surface area (Å²) in [5, 5.41) is 5.24. The van der Waals surface area contributed by atoms with Gasteiger partial charge in [0, 0.05) is 22.3 Å². The third kappa shape index (κ3) is 2.51. The summed E-state index contributed by atoms with van der Waals surface area (Å²) in [6.07, 6.45) is 3.63. The highest BCUT2D eigenvalue weighted by Crippen LogP contribution is 2.29. The molecule has 118 valence electrons. The molecule has 2 aromatic carbocycles. The number of aromatic nitrogens is 3. The van der Waals surface area contributed by atoms with Crippen LogP contribution in [0.5, 0.6) is 5.75 Å². The molecule has 0 saturated heterocycles. The second kappa shape index (κ2) is 5.98. The van der Waals surface area contributed by atoms with Crippen LogP contribution in [0, 0.1) is 0 Å². The molecule has 5 heteroatoms. The van der Waals surface area contributed by atoms with Crippen molar-refractivity contribution in [2.45, 2.75) is 0 Å². The molecule has 0 amide bonds. The van der Waals surface area contributed by atoms with Crippen LogP contribution >= 0.6 is 11.6 Å². The molecule has 4 rings (SSSR count). The lowest BCUT2D eigenvalue weighted by atomic mass is 10.1. The minimum atomic E-state index is 0.709. The summed E-state index contributed by atoms with van der Waals surface area (Å²) in [5.74, 6) is 0.808. The Labute approximate surface area is 144 Å². The van der Waals surface area contributed by atoms with Crippen LogP contribution in [-0.2, 0) is 0 Å². The van der Waals surface area contributed by atoms with Crippen molar-refractivity contribution in [1.82, 2.24) is 14.6 Å². The van der Waals surface area contributed by atoms with Crippen molar-refractivity contribution >= 4 is 17.2 Å². The molecule has 0 N–H and O–H groups in total. The van der Waals surface area contributed by atoms with E-state index in [4.69, 9.17) is 16.3 Å². The maximum atomic E-state index is 5.98. The summed E-state index contributed by atoms with van der Waals surface area (Å²) in [6.45, 7) is 0. The van der Waals surface area contributed by atoms with Crippen LogP contribution in [0.15, 0.2) is 67.0 Å². The Morgan fingerprint density at radius 2 is 1.83 bits per heavy atom. The van der Waals surface area contributed by atoms with Crippen molar-refractivity contribution in [3.8, 4) is 28.1 Å². The van der Waals surface area contributed by atoms with E-state index in [1.807, 2.05) is 65.3 Å². The number of methoxy groups -OCH3 is 1. The Hall–Kier alpha value is -2.85. The molecule has 2 heterocycles. The summed E-state index contributed by atoms with van der Waals surface area (Å²) in [6, 6.07) is 17.5. The Balaban J connectivity index is 1.89. The fraction of sp³-hybridized carbons (Fsp3) is 0.0526. The van der Waals surface area contributed by atoms with E-state index in [1.54, 1.807) is 13.3 Å². The number of ether oxygens (including phenoxy) is 1. The van der Waals surface area contributed by atoms with Gasteiger partial charge in [-0.3, -0.25) is 0 Å². The van der Waals surface area contributed by atoms with Crippen molar-refractivity contribution in [2.24, 2.45) is 0 Å². The summed E-state index contributed by atoms with van der Waals surface area (Å²) >= 11 is 5.98. The monoisotopic (exact) mass is 335 g/mol. The molecule has 0 spiro atoms. The van der Waals surface area contributed by atoms with Crippen molar-refractivity contribution < 1.29 is 4.74 Å². The maximum Gasteiger partial charge on any atom is 0.163 e. The average Bonchev–Trinajstić information content (AvgIpc) is 3.06. The Bertz CT molecular complexity index is 1010. The Kier molecular flexibility index (Phi) is 3.67. The largest absolute Gasteiger partial charge is 0.497 e. The van der Waals surface area contributed by atoms with Gasteiger partial charge in [-0.05, 0) is 35.9 Å². The zero-order valence-electron chi connectivity index (χ0n) is 13.0. The second-order valence-electron chi connectivity index (χ2n) is 5.36. The minimum Gasteiger partial charge on any atom is -0.497 e. The van der Waals surface area contributed by atoms with Gasteiger partial charge in [0.1, 0.15) is 5.75 Å². The molecule has 0 saturated carbocycles. The number of hydrogen-bond donors (Lipinski definition) is 0. The molecule has 0 bridgehead atoms. The molecule has 24 heavy (non-hydrogen) atoms. The van der Waals surface area contributed by atoms with Gasteiger partial charge < -0.3 is 4.74 Å². The van der Waals surface area contributed by atoms with Gasteiger partial charge in [0.2, 0.25) is 0 Å². The molecule has 4 aromatic rings. The Morgan fingerprint density at radius 3 is 2.62 bits per heavy atom. The maximum absolute atomic E-state index is 5.98. The van der Waals surface area contributed by atoms with E-state index in [-0.39, 0.29) is 0 Å². The SMILES string of the molecule is COc1cccc(-c2ccnc3c(-c4ccc(Cl)cc4)cnn23)c1. The predicted molar refractivity (Wildman–Crippen MR) is 95.4 cm³/mol. The molecule has 0 radical (unpaired) electrons. The van der Waals surface area contributed by atoms with Gasteiger partial charge in [-0.15, -0.1) is 0 Å².